The number of anilines is 2. The van der Waals surface area contributed by atoms with Gasteiger partial charge in [-0.15, -0.1) is 0 Å². The smallest absolute Gasteiger partial charge is 0.267 e. The van der Waals surface area contributed by atoms with Crippen molar-refractivity contribution in [2.75, 3.05) is 23.8 Å². The third-order valence-corrected chi connectivity index (χ3v) is 6.99. The monoisotopic (exact) mass is 524 g/mol. The van der Waals surface area contributed by atoms with Crippen LogP contribution in [0.5, 0.6) is 0 Å². The molecule has 0 aliphatic carbocycles. The molecule has 2 aromatic heterocycles. The van der Waals surface area contributed by atoms with Crippen molar-refractivity contribution in [1.82, 2.24) is 19.7 Å². The number of rotatable bonds is 7. The molecule has 8 nitrogen and oxygen atoms in total. The Bertz CT molecular complexity index is 1560. The highest BCUT2D eigenvalue weighted by atomic mass is 32.2. The van der Waals surface area contributed by atoms with Crippen molar-refractivity contribution in [2.45, 2.75) is 11.4 Å². The number of aryl methyl sites for hydroxylation is 1. The summed E-state index contributed by atoms with van der Waals surface area (Å²) in [5, 5.41) is 4.06. The number of hydrogen-bond donors (Lipinski definition) is 1. The molecule has 0 fully saturated rings. The van der Waals surface area contributed by atoms with E-state index in [4.69, 9.17) is 5.73 Å². The van der Waals surface area contributed by atoms with Gasteiger partial charge in [-0.2, -0.15) is 5.10 Å². The van der Waals surface area contributed by atoms with Gasteiger partial charge in [0, 0.05) is 25.0 Å². The van der Waals surface area contributed by atoms with Crippen LogP contribution < -0.4 is 10.0 Å². The molecule has 0 saturated heterocycles. The molecule has 2 N–H and O–H groups in total. The van der Waals surface area contributed by atoms with Crippen LogP contribution in [-0.4, -0.2) is 41.9 Å². The van der Waals surface area contributed by atoms with Gasteiger partial charge in [0.25, 0.3) is 10.0 Å². The van der Waals surface area contributed by atoms with Crippen LogP contribution in [0.15, 0.2) is 53.7 Å². The van der Waals surface area contributed by atoms with Crippen LogP contribution in [0.2, 0.25) is 0 Å². The zero-order valence-corrected chi connectivity index (χ0v) is 19.3. The van der Waals surface area contributed by atoms with Gasteiger partial charge in [-0.3, -0.25) is 8.99 Å². The lowest BCUT2D eigenvalue weighted by Gasteiger charge is -2.21. The fourth-order valence-corrected chi connectivity index (χ4v) is 4.74. The minimum absolute atomic E-state index is 0.0641. The molecule has 0 aliphatic heterocycles. The molecular formula is C22H17F5N6O2S. The van der Waals surface area contributed by atoms with E-state index in [0.717, 1.165) is 29.9 Å². The van der Waals surface area contributed by atoms with Crippen molar-refractivity contribution < 1.29 is 30.4 Å². The highest BCUT2D eigenvalue weighted by molar-refractivity contribution is 7.92. The molecule has 0 amide bonds. The molecule has 14 heteroatoms. The summed E-state index contributed by atoms with van der Waals surface area (Å²) in [6, 6.07) is 4.77. The second kappa shape index (κ2) is 9.53. The van der Waals surface area contributed by atoms with E-state index in [0.29, 0.717) is 16.4 Å². The fraction of sp³-hybridized carbons (Fsp3) is 0.136. The quantitative estimate of drug-likeness (QED) is 0.367. The second-order valence-corrected chi connectivity index (χ2v) is 9.38. The largest absolute Gasteiger partial charge is 0.368 e. The van der Waals surface area contributed by atoms with Crippen molar-refractivity contribution in [3.05, 3.63) is 72.1 Å². The molecule has 0 atom stereocenters. The maximum atomic E-state index is 15.8. The van der Waals surface area contributed by atoms with Crippen LogP contribution in [0.3, 0.4) is 0 Å². The summed E-state index contributed by atoms with van der Waals surface area (Å²) in [7, 11) is -3.91. The number of sulfonamides is 1. The first-order valence-corrected chi connectivity index (χ1v) is 11.6. The summed E-state index contributed by atoms with van der Waals surface area (Å²) in [5.41, 5.74) is 4.05. The van der Waals surface area contributed by atoms with E-state index >= 15 is 4.39 Å². The third-order valence-electron chi connectivity index (χ3n) is 5.20. The number of aromatic nitrogens is 4. The summed E-state index contributed by atoms with van der Waals surface area (Å²) in [6.45, 7) is -1.08. The Labute approximate surface area is 201 Å². The number of benzene rings is 2. The minimum Gasteiger partial charge on any atom is -0.368 e. The molecule has 0 unspecified atom stereocenters. The molecule has 2 aromatic carbocycles. The molecule has 0 aliphatic rings. The van der Waals surface area contributed by atoms with Crippen molar-refractivity contribution in [1.29, 1.82) is 0 Å². The summed E-state index contributed by atoms with van der Waals surface area (Å²) in [4.78, 5) is 6.72. The lowest BCUT2D eigenvalue weighted by atomic mass is 10.0. The molecular weight excluding hydrogens is 507 g/mol. The van der Waals surface area contributed by atoms with Gasteiger partial charge in [0.2, 0.25) is 5.95 Å². The van der Waals surface area contributed by atoms with Crippen LogP contribution in [0.4, 0.5) is 33.6 Å². The lowest BCUT2D eigenvalue weighted by Crippen LogP contribution is -2.28. The van der Waals surface area contributed by atoms with Gasteiger partial charge in [-0.25, -0.2) is 40.3 Å². The predicted molar refractivity (Wildman–Crippen MR) is 121 cm³/mol. The van der Waals surface area contributed by atoms with Crippen LogP contribution in [0.1, 0.15) is 0 Å². The maximum absolute atomic E-state index is 15.8. The standard InChI is InChI=1S/C22H17F5N6O2S/c1-32(36(34,35)18-10-12(24)2-3-14(18)25)17-5-4-15(26)19(20(17)27)21-13(11-33(31-21)9-7-23)16-6-8-29-22(28)30-16/h2-6,8,10-11H,7,9H2,1H3,(H2,28,29,30). The Hall–Kier alpha value is -4.07. The third kappa shape index (κ3) is 4.46. The first-order valence-electron chi connectivity index (χ1n) is 10.2. The van der Waals surface area contributed by atoms with Gasteiger partial charge < -0.3 is 5.73 Å². The second-order valence-electron chi connectivity index (χ2n) is 7.45. The SMILES string of the molecule is CN(c1ccc(F)c(-c2nn(CCF)cc2-c2ccnc(N)n2)c1F)S(=O)(=O)c1cc(F)ccc1F. The number of halogens is 5. The van der Waals surface area contributed by atoms with Crippen molar-refractivity contribution >= 4 is 21.7 Å². The van der Waals surface area contributed by atoms with E-state index in [1.54, 1.807) is 0 Å². The fourth-order valence-electron chi connectivity index (χ4n) is 3.47. The molecule has 0 saturated carbocycles. The molecule has 4 rings (SSSR count). The number of nitrogen functional groups attached to an aromatic ring is 1. The highest BCUT2D eigenvalue weighted by Gasteiger charge is 2.31. The number of nitrogens with two attached hydrogens (primary N) is 1. The number of nitrogens with zero attached hydrogens (tertiary/aromatic N) is 5. The summed E-state index contributed by atoms with van der Waals surface area (Å²) < 4.78 is 99.0. The van der Waals surface area contributed by atoms with Crippen molar-refractivity contribution in [2.24, 2.45) is 0 Å². The average molecular weight is 524 g/mol. The first-order chi connectivity index (χ1) is 17.0. The van der Waals surface area contributed by atoms with E-state index < -0.39 is 56.1 Å². The Morgan fingerprint density at radius 1 is 1.06 bits per heavy atom. The van der Waals surface area contributed by atoms with Gasteiger partial charge in [0.15, 0.2) is 5.82 Å². The lowest BCUT2D eigenvalue weighted by molar-refractivity contribution is 0.427. The van der Waals surface area contributed by atoms with Crippen LogP contribution in [-0.2, 0) is 16.6 Å². The summed E-state index contributed by atoms with van der Waals surface area (Å²) in [5.74, 6) is -4.93. The topological polar surface area (TPSA) is 107 Å². The molecule has 4 aromatic rings. The zero-order chi connectivity index (χ0) is 26.2. The van der Waals surface area contributed by atoms with Crippen LogP contribution >= 0.6 is 0 Å². The number of hydrogen-bond acceptors (Lipinski definition) is 6. The van der Waals surface area contributed by atoms with Gasteiger partial charge in [0.1, 0.15) is 34.7 Å². The molecule has 36 heavy (non-hydrogen) atoms. The summed E-state index contributed by atoms with van der Waals surface area (Å²) in [6.07, 6.45) is 2.59. The number of alkyl halides is 1. The van der Waals surface area contributed by atoms with Crippen molar-refractivity contribution in [3.8, 4) is 22.5 Å². The van der Waals surface area contributed by atoms with Crippen LogP contribution in [0, 0.1) is 23.3 Å². The Kier molecular flexibility index (Phi) is 6.63. The van der Waals surface area contributed by atoms with E-state index in [1.807, 2.05) is 0 Å². The van der Waals surface area contributed by atoms with Gasteiger partial charge >= 0.3 is 0 Å². The normalized spacial score (nSPS) is 11.6. The van der Waals surface area contributed by atoms with Crippen molar-refractivity contribution in [3.63, 3.8) is 0 Å². The zero-order valence-electron chi connectivity index (χ0n) is 18.5. The Balaban J connectivity index is 1.90. The highest BCUT2D eigenvalue weighted by Crippen LogP contribution is 2.38. The van der Waals surface area contributed by atoms with Gasteiger partial charge in [-0.05, 0) is 36.4 Å². The average Bonchev–Trinajstić information content (AvgIpc) is 3.24. The molecule has 2 heterocycles. The van der Waals surface area contributed by atoms with E-state index in [-0.39, 0.29) is 29.4 Å². The molecule has 0 radical (unpaired) electrons. The van der Waals surface area contributed by atoms with E-state index in [1.165, 1.54) is 18.5 Å². The molecule has 0 spiro atoms. The Morgan fingerprint density at radius 2 is 1.78 bits per heavy atom. The molecule has 0 bridgehead atoms. The Morgan fingerprint density at radius 3 is 2.47 bits per heavy atom. The van der Waals surface area contributed by atoms with Crippen LogP contribution in [0.25, 0.3) is 22.5 Å². The van der Waals surface area contributed by atoms with Gasteiger partial charge in [-0.1, -0.05) is 0 Å². The summed E-state index contributed by atoms with van der Waals surface area (Å²) >= 11 is 0. The molecule has 188 valence electrons. The van der Waals surface area contributed by atoms with Gasteiger partial charge in [0.05, 0.1) is 23.5 Å². The van der Waals surface area contributed by atoms with E-state index in [9.17, 15) is 26.0 Å². The predicted octanol–water partition coefficient (Wildman–Crippen LogP) is 3.94. The minimum atomic E-state index is -4.81. The first kappa shape index (κ1) is 25.0. The maximum Gasteiger partial charge on any atom is 0.267 e. The van der Waals surface area contributed by atoms with E-state index in [2.05, 4.69) is 15.1 Å².